The Kier molecular flexibility index (Phi) is 11.1. The molecule has 8 nitrogen and oxygen atoms in total. The lowest BCUT2D eigenvalue weighted by Crippen LogP contribution is -2.44. The van der Waals surface area contributed by atoms with Crippen LogP contribution in [0.25, 0.3) is 0 Å². The lowest BCUT2D eigenvalue weighted by atomic mass is 9.93. The van der Waals surface area contributed by atoms with Gasteiger partial charge in [-0.15, -0.1) is 0 Å². The van der Waals surface area contributed by atoms with Crippen LogP contribution in [0.4, 0.5) is 27.6 Å². The summed E-state index contributed by atoms with van der Waals surface area (Å²) in [6.07, 6.45) is 4.37. The van der Waals surface area contributed by atoms with E-state index in [0.29, 0.717) is 5.92 Å². The molecule has 1 fully saturated rings. The predicted molar refractivity (Wildman–Crippen MR) is 181 cm³/mol. The van der Waals surface area contributed by atoms with Crippen molar-refractivity contribution in [2.24, 2.45) is 17.8 Å². The molecular weight excluding hydrogens is 707 g/mol. The average Bonchev–Trinajstić information content (AvgIpc) is 3.78. The molecule has 2 bridgehead atoms. The molecule has 0 spiro atoms. The molecule has 1 saturated carbocycles. The maximum absolute atomic E-state index is 14.6. The molecule has 4 aromatic rings. The van der Waals surface area contributed by atoms with Gasteiger partial charge in [-0.2, -0.15) is 4.31 Å². The number of anilines is 1. The molecule has 4 atom stereocenters. The van der Waals surface area contributed by atoms with Crippen molar-refractivity contribution in [3.8, 4) is 5.75 Å². The average molecular weight is 743 g/mol. The molecule has 0 aromatic heterocycles. The number of aliphatic hydroxyl groups is 1. The molecule has 4 aromatic carbocycles. The van der Waals surface area contributed by atoms with E-state index < -0.39 is 62.7 Å². The summed E-state index contributed by atoms with van der Waals surface area (Å²) >= 11 is 0. The normalized spacial score (nSPS) is 18.6. The summed E-state index contributed by atoms with van der Waals surface area (Å²) in [5.74, 6) is -12.7. The topological polar surface area (TPSA) is 96.4 Å². The molecule has 0 aliphatic heterocycles. The number of ether oxygens (including phenoxy) is 2. The molecule has 274 valence electrons. The molecule has 6 rings (SSSR count). The van der Waals surface area contributed by atoms with Gasteiger partial charge in [-0.05, 0) is 53.9 Å². The standard InChI is InChI=1S/C38H35F5N2O6S/c1-44(52(48,49)37-35(42)33(40)32(39)34(41)36(37)43)20-31(46)45(19-27-17-25-12-13-26(27)16-25)28-14-15-29(38(47)51-22-24-10-6-3-7-11-24)30(18-28)50-21-23-8-4-2-5-9-23/h2-15,18,25-27,38,47H,16-17,19-22H2,1H3. The molecule has 2 aliphatic carbocycles. The Hall–Kier alpha value is -4.63. The molecule has 0 radical (unpaired) electrons. The van der Waals surface area contributed by atoms with Crippen LogP contribution in [0.5, 0.6) is 5.75 Å². The van der Waals surface area contributed by atoms with Gasteiger partial charge in [0.05, 0.1) is 13.2 Å². The van der Waals surface area contributed by atoms with Gasteiger partial charge >= 0.3 is 0 Å². The van der Waals surface area contributed by atoms with Crippen molar-refractivity contribution < 1.29 is 49.7 Å². The van der Waals surface area contributed by atoms with Gasteiger partial charge in [-0.3, -0.25) is 4.79 Å². The third kappa shape index (κ3) is 7.75. The zero-order valence-corrected chi connectivity index (χ0v) is 28.7. The van der Waals surface area contributed by atoms with Crippen molar-refractivity contribution in [1.29, 1.82) is 0 Å². The first-order chi connectivity index (χ1) is 24.8. The minimum Gasteiger partial charge on any atom is -0.488 e. The van der Waals surface area contributed by atoms with Crippen molar-refractivity contribution in [2.75, 3.05) is 25.0 Å². The lowest BCUT2D eigenvalue weighted by molar-refractivity contribution is -0.118. The molecule has 4 unspecified atom stereocenters. The summed E-state index contributed by atoms with van der Waals surface area (Å²) < 4.78 is 109. The molecule has 1 amide bonds. The zero-order valence-electron chi connectivity index (χ0n) is 27.9. The Morgan fingerprint density at radius 3 is 2.00 bits per heavy atom. The van der Waals surface area contributed by atoms with E-state index in [-0.39, 0.29) is 52.9 Å². The number of carbonyl (C=O) groups is 1. The van der Waals surface area contributed by atoms with Gasteiger partial charge in [-0.25, -0.2) is 30.4 Å². The number of likely N-dealkylation sites (N-methyl/N-ethyl adjacent to an activating group) is 1. The van der Waals surface area contributed by atoms with E-state index in [2.05, 4.69) is 12.2 Å². The first-order valence-corrected chi connectivity index (χ1v) is 17.9. The number of aliphatic hydroxyl groups excluding tert-OH is 1. The van der Waals surface area contributed by atoms with Crippen LogP contribution in [0.2, 0.25) is 0 Å². The van der Waals surface area contributed by atoms with Crippen LogP contribution in [0.1, 0.15) is 35.8 Å². The molecule has 2 aliphatic rings. The number of carbonyl (C=O) groups excluding carboxylic acids is 1. The first kappa shape index (κ1) is 37.1. The van der Waals surface area contributed by atoms with Crippen molar-refractivity contribution in [3.05, 3.63) is 137 Å². The fourth-order valence-corrected chi connectivity index (χ4v) is 7.84. The Balaban J connectivity index is 1.32. The number of halogens is 5. The maximum Gasteiger partial charge on any atom is 0.249 e. The summed E-state index contributed by atoms with van der Waals surface area (Å²) in [6.45, 7) is -0.737. The zero-order chi connectivity index (χ0) is 37.2. The molecule has 0 saturated heterocycles. The largest absolute Gasteiger partial charge is 0.488 e. The minimum atomic E-state index is -5.40. The molecule has 14 heteroatoms. The fraction of sp³-hybridized carbons (Fsp3) is 0.289. The number of hydrogen-bond donors (Lipinski definition) is 1. The second-order valence-electron chi connectivity index (χ2n) is 12.9. The monoisotopic (exact) mass is 742 g/mol. The van der Waals surface area contributed by atoms with E-state index >= 15 is 0 Å². The number of rotatable bonds is 14. The van der Waals surface area contributed by atoms with E-state index in [0.717, 1.165) is 31.0 Å². The summed E-state index contributed by atoms with van der Waals surface area (Å²) in [5.41, 5.74) is 2.12. The van der Waals surface area contributed by atoms with E-state index in [1.807, 2.05) is 60.7 Å². The minimum absolute atomic E-state index is 0.0239. The molecular formula is C38H35F5N2O6S. The third-order valence-corrected chi connectivity index (χ3v) is 11.2. The van der Waals surface area contributed by atoms with Crippen molar-refractivity contribution in [1.82, 2.24) is 4.31 Å². The van der Waals surface area contributed by atoms with E-state index in [9.17, 15) is 40.3 Å². The summed E-state index contributed by atoms with van der Waals surface area (Å²) in [7, 11) is -4.59. The number of fused-ring (bicyclic) bond motifs is 2. The predicted octanol–water partition coefficient (Wildman–Crippen LogP) is 7.03. The van der Waals surface area contributed by atoms with Crippen LogP contribution in [-0.4, -0.2) is 43.9 Å². The van der Waals surface area contributed by atoms with Gasteiger partial charge in [-0.1, -0.05) is 72.8 Å². The first-order valence-electron chi connectivity index (χ1n) is 16.5. The smallest absolute Gasteiger partial charge is 0.249 e. The van der Waals surface area contributed by atoms with Crippen molar-refractivity contribution in [3.63, 3.8) is 0 Å². The molecule has 52 heavy (non-hydrogen) atoms. The van der Waals surface area contributed by atoms with Gasteiger partial charge < -0.3 is 19.5 Å². The highest BCUT2D eigenvalue weighted by Crippen LogP contribution is 2.44. The quantitative estimate of drug-likeness (QED) is 0.0490. The van der Waals surface area contributed by atoms with Gasteiger partial charge in [0.1, 0.15) is 12.4 Å². The van der Waals surface area contributed by atoms with E-state index in [1.54, 1.807) is 0 Å². The summed E-state index contributed by atoms with van der Waals surface area (Å²) in [4.78, 5) is 13.3. The number of sulfonamides is 1. The maximum atomic E-state index is 14.6. The number of benzene rings is 4. The summed E-state index contributed by atoms with van der Waals surface area (Å²) in [5, 5.41) is 11.1. The highest BCUT2D eigenvalue weighted by molar-refractivity contribution is 7.89. The second kappa shape index (κ2) is 15.5. The Bertz CT molecular complexity index is 2040. The van der Waals surface area contributed by atoms with Crippen LogP contribution >= 0.6 is 0 Å². The van der Waals surface area contributed by atoms with Crippen LogP contribution < -0.4 is 9.64 Å². The number of hydrogen-bond acceptors (Lipinski definition) is 6. The Morgan fingerprint density at radius 2 is 1.42 bits per heavy atom. The number of amides is 1. The van der Waals surface area contributed by atoms with Crippen LogP contribution in [0, 0.1) is 46.8 Å². The SMILES string of the molecule is CN(CC(=O)N(CC1CC2C=CC1C2)c1ccc(C(O)OCc2ccccc2)c(OCc2ccccc2)c1)S(=O)(=O)c1c(F)c(F)c(F)c(F)c1F. The van der Waals surface area contributed by atoms with E-state index in [1.165, 1.54) is 23.1 Å². The summed E-state index contributed by atoms with van der Waals surface area (Å²) in [6, 6.07) is 22.9. The van der Waals surface area contributed by atoms with Gasteiger partial charge in [0.25, 0.3) is 0 Å². The van der Waals surface area contributed by atoms with Gasteiger partial charge in [0.15, 0.2) is 34.5 Å². The third-order valence-electron chi connectivity index (χ3n) is 9.39. The van der Waals surface area contributed by atoms with Crippen molar-refractivity contribution >= 4 is 21.6 Å². The highest BCUT2D eigenvalue weighted by atomic mass is 32.2. The van der Waals surface area contributed by atoms with Crippen LogP contribution in [0.15, 0.2) is 95.9 Å². The highest BCUT2D eigenvalue weighted by Gasteiger charge is 2.40. The Morgan fingerprint density at radius 1 is 0.827 bits per heavy atom. The lowest BCUT2D eigenvalue weighted by Gasteiger charge is -2.31. The second-order valence-corrected chi connectivity index (χ2v) is 14.8. The van der Waals surface area contributed by atoms with Gasteiger partial charge in [0, 0.05) is 30.9 Å². The van der Waals surface area contributed by atoms with Crippen LogP contribution in [0.3, 0.4) is 0 Å². The molecule has 1 N–H and O–H groups in total. The number of nitrogens with zero attached hydrogens (tertiary/aromatic N) is 2. The molecule has 0 heterocycles. The Labute approximate surface area is 297 Å². The van der Waals surface area contributed by atoms with Crippen LogP contribution in [-0.2, 0) is 32.8 Å². The van der Waals surface area contributed by atoms with Gasteiger partial charge in [0.2, 0.25) is 21.7 Å². The van der Waals surface area contributed by atoms with Crippen molar-refractivity contribution in [2.45, 2.75) is 37.2 Å². The fourth-order valence-electron chi connectivity index (χ4n) is 6.61. The number of allylic oxidation sites excluding steroid dienone is 2. The van der Waals surface area contributed by atoms with E-state index in [4.69, 9.17) is 9.47 Å².